The summed E-state index contributed by atoms with van der Waals surface area (Å²) in [6.45, 7) is 8.98. The van der Waals surface area contributed by atoms with Crippen LogP contribution in [0.5, 0.6) is 0 Å². The number of halogens is 1. The Hall–Kier alpha value is -3.90. The lowest BCUT2D eigenvalue weighted by Crippen LogP contribution is -2.53. The minimum atomic E-state index is -0.626. The molecule has 0 saturated carbocycles. The summed E-state index contributed by atoms with van der Waals surface area (Å²) in [5.41, 5.74) is 1.12. The van der Waals surface area contributed by atoms with Crippen molar-refractivity contribution in [3.8, 4) is 0 Å². The molecular weight excluding hydrogens is 519 g/mol. The minimum absolute atomic E-state index is 0.100. The second kappa shape index (κ2) is 12.5. The number of rotatable bonds is 8. The molecule has 0 aliphatic carbocycles. The number of nitrogens with zero attached hydrogens (tertiary/aromatic N) is 5. The molecule has 214 valence electrons. The van der Waals surface area contributed by atoms with Gasteiger partial charge < -0.3 is 15.0 Å². The van der Waals surface area contributed by atoms with E-state index in [2.05, 4.69) is 15.3 Å². The van der Waals surface area contributed by atoms with Crippen LogP contribution >= 0.6 is 0 Å². The molecule has 0 bridgehead atoms. The normalized spacial score (nSPS) is 17.9. The SMILES string of the molecule is CC(C)(C)NC(=O)N(CCN1CCOCC1)CC(=O)N1N=C(c2ccc(F)cc2)CC1c1cccc([N+](=O)[O-])c1. The van der Waals surface area contributed by atoms with Crippen LogP contribution in [0.15, 0.2) is 53.6 Å². The number of nitrogens with one attached hydrogen (secondary N) is 1. The first-order valence-electron chi connectivity index (χ1n) is 13.3. The number of benzene rings is 2. The highest BCUT2D eigenvalue weighted by atomic mass is 19.1. The third-order valence-electron chi connectivity index (χ3n) is 6.69. The third-order valence-corrected chi connectivity index (χ3v) is 6.69. The van der Waals surface area contributed by atoms with Crippen LogP contribution in [0, 0.1) is 15.9 Å². The van der Waals surface area contributed by atoms with Crippen molar-refractivity contribution in [2.75, 3.05) is 45.9 Å². The van der Waals surface area contributed by atoms with Gasteiger partial charge in [0.05, 0.1) is 29.9 Å². The van der Waals surface area contributed by atoms with Crippen LogP contribution in [0.1, 0.15) is 44.4 Å². The number of hydrazone groups is 1. The van der Waals surface area contributed by atoms with Gasteiger partial charge in [0.2, 0.25) is 0 Å². The number of nitro groups is 1. The Kier molecular flexibility index (Phi) is 9.10. The fourth-order valence-corrected chi connectivity index (χ4v) is 4.64. The number of ether oxygens (including phenoxy) is 1. The molecule has 3 amide bonds. The van der Waals surface area contributed by atoms with Crippen LogP contribution in [0.3, 0.4) is 0 Å². The number of hydrogen-bond donors (Lipinski definition) is 1. The number of nitro benzene ring substituents is 1. The molecule has 2 aromatic carbocycles. The van der Waals surface area contributed by atoms with Gasteiger partial charge in [-0.2, -0.15) is 5.10 Å². The van der Waals surface area contributed by atoms with Crippen LogP contribution in [0.2, 0.25) is 0 Å². The Labute approximate surface area is 232 Å². The molecular formula is C28H35FN6O5. The van der Waals surface area contributed by atoms with Gasteiger partial charge in [-0.15, -0.1) is 0 Å². The average Bonchev–Trinajstić information content (AvgIpc) is 3.37. The maximum absolute atomic E-state index is 13.8. The van der Waals surface area contributed by atoms with Crippen molar-refractivity contribution < 1.29 is 23.6 Å². The lowest BCUT2D eigenvalue weighted by molar-refractivity contribution is -0.385. The van der Waals surface area contributed by atoms with E-state index in [1.807, 2.05) is 20.8 Å². The molecule has 0 aromatic heterocycles. The molecule has 1 N–H and O–H groups in total. The van der Waals surface area contributed by atoms with Gasteiger partial charge in [0.25, 0.3) is 11.6 Å². The zero-order valence-electron chi connectivity index (χ0n) is 23.0. The molecule has 2 aliphatic heterocycles. The molecule has 2 aromatic rings. The van der Waals surface area contributed by atoms with Crippen molar-refractivity contribution in [1.29, 1.82) is 0 Å². The zero-order chi connectivity index (χ0) is 28.9. The minimum Gasteiger partial charge on any atom is -0.379 e. The molecule has 12 heteroatoms. The number of amides is 3. The summed E-state index contributed by atoms with van der Waals surface area (Å²) in [5, 5.41) is 20.2. The molecule has 0 spiro atoms. The van der Waals surface area contributed by atoms with Gasteiger partial charge in [-0.1, -0.05) is 24.3 Å². The fraction of sp³-hybridized carbons (Fsp3) is 0.464. The summed E-state index contributed by atoms with van der Waals surface area (Å²) in [6.07, 6.45) is 0.278. The topological polar surface area (TPSA) is 121 Å². The summed E-state index contributed by atoms with van der Waals surface area (Å²) >= 11 is 0. The van der Waals surface area contributed by atoms with Gasteiger partial charge >= 0.3 is 6.03 Å². The molecule has 40 heavy (non-hydrogen) atoms. The van der Waals surface area contributed by atoms with Crippen LogP contribution in [0.4, 0.5) is 14.9 Å². The van der Waals surface area contributed by atoms with E-state index in [1.54, 1.807) is 24.3 Å². The third kappa shape index (κ3) is 7.60. The Balaban J connectivity index is 1.60. The first-order chi connectivity index (χ1) is 19.0. The van der Waals surface area contributed by atoms with Gasteiger partial charge in [0.1, 0.15) is 12.4 Å². The van der Waals surface area contributed by atoms with Crippen molar-refractivity contribution in [3.05, 3.63) is 75.6 Å². The molecule has 0 radical (unpaired) electrons. The number of morpholine rings is 1. The van der Waals surface area contributed by atoms with Gasteiger partial charge in [0, 0.05) is 50.3 Å². The monoisotopic (exact) mass is 554 g/mol. The molecule has 1 atom stereocenters. The Bertz CT molecular complexity index is 1260. The smallest absolute Gasteiger partial charge is 0.318 e. The van der Waals surface area contributed by atoms with E-state index < -0.39 is 28.2 Å². The van der Waals surface area contributed by atoms with Crippen LogP contribution in [0.25, 0.3) is 0 Å². The van der Waals surface area contributed by atoms with Gasteiger partial charge in [0.15, 0.2) is 0 Å². The largest absolute Gasteiger partial charge is 0.379 e. The standard InChI is InChI=1S/C28H35FN6O5/c1-28(2,3)30-27(37)33(12-11-32-13-15-40-16-14-32)19-26(36)34-25(21-5-4-6-23(17-21)35(38)39)18-24(31-34)20-7-9-22(29)10-8-20/h4-10,17,25H,11-16,18-19H2,1-3H3,(H,30,37). The van der Waals surface area contributed by atoms with E-state index in [4.69, 9.17) is 4.74 Å². The molecule has 1 unspecified atom stereocenters. The highest BCUT2D eigenvalue weighted by Gasteiger charge is 2.35. The van der Waals surface area contributed by atoms with Crippen molar-refractivity contribution in [2.45, 2.75) is 38.8 Å². The predicted molar refractivity (Wildman–Crippen MR) is 147 cm³/mol. The highest BCUT2D eigenvalue weighted by Crippen LogP contribution is 2.34. The van der Waals surface area contributed by atoms with E-state index >= 15 is 0 Å². The van der Waals surface area contributed by atoms with Gasteiger partial charge in [-0.05, 0) is 44.0 Å². The lowest BCUT2D eigenvalue weighted by Gasteiger charge is -2.32. The molecule has 2 aliphatic rings. The summed E-state index contributed by atoms with van der Waals surface area (Å²) in [4.78, 5) is 41.6. The van der Waals surface area contributed by atoms with Crippen LogP contribution < -0.4 is 5.32 Å². The van der Waals surface area contributed by atoms with E-state index in [-0.39, 0.29) is 24.7 Å². The molecule has 2 heterocycles. The number of hydrogen-bond acceptors (Lipinski definition) is 7. The average molecular weight is 555 g/mol. The van der Waals surface area contributed by atoms with Crippen LogP contribution in [-0.4, -0.2) is 88.9 Å². The molecule has 1 saturated heterocycles. The first kappa shape index (κ1) is 29.1. The Morgan fingerprint density at radius 1 is 1.18 bits per heavy atom. The molecule has 4 rings (SSSR count). The van der Waals surface area contributed by atoms with E-state index in [0.717, 1.165) is 13.1 Å². The van der Waals surface area contributed by atoms with Crippen molar-refractivity contribution in [1.82, 2.24) is 20.1 Å². The molecule has 11 nitrogen and oxygen atoms in total. The number of carbonyl (C=O) groups excluding carboxylic acids is 2. The zero-order valence-corrected chi connectivity index (χ0v) is 23.0. The van der Waals surface area contributed by atoms with Gasteiger partial charge in [-0.25, -0.2) is 14.2 Å². The summed E-state index contributed by atoms with van der Waals surface area (Å²) < 4.78 is 19.0. The quantitative estimate of drug-likeness (QED) is 0.394. The lowest BCUT2D eigenvalue weighted by atomic mass is 9.98. The number of urea groups is 1. The second-order valence-electron chi connectivity index (χ2n) is 10.9. The highest BCUT2D eigenvalue weighted by molar-refractivity contribution is 6.03. The summed E-state index contributed by atoms with van der Waals surface area (Å²) in [6, 6.07) is 10.9. The maximum Gasteiger partial charge on any atom is 0.318 e. The molecule has 1 fully saturated rings. The fourth-order valence-electron chi connectivity index (χ4n) is 4.64. The summed E-state index contributed by atoms with van der Waals surface area (Å²) in [7, 11) is 0. The summed E-state index contributed by atoms with van der Waals surface area (Å²) in [5.74, 6) is -0.828. The van der Waals surface area contributed by atoms with E-state index in [0.29, 0.717) is 43.1 Å². The number of carbonyl (C=O) groups is 2. The first-order valence-corrected chi connectivity index (χ1v) is 13.3. The number of non-ortho nitro benzene ring substituents is 1. The maximum atomic E-state index is 13.8. The van der Waals surface area contributed by atoms with Crippen molar-refractivity contribution in [3.63, 3.8) is 0 Å². The van der Waals surface area contributed by atoms with Crippen molar-refractivity contribution >= 4 is 23.3 Å². The Morgan fingerprint density at radius 2 is 1.88 bits per heavy atom. The van der Waals surface area contributed by atoms with Crippen molar-refractivity contribution in [2.24, 2.45) is 5.10 Å². The van der Waals surface area contributed by atoms with E-state index in [1.165, 1.54) is 34.2 Å². The second-order valence-corrected chi connectivity index (χ2v) is 10.9. The van der Waals surface area contributed by atoms with Crippen LogP contribution in [-0.2, 0) is 9.53 Å². The predicted octanol–water partition coefficient (Wildman–Crippen LogP) is 3.55. The van der Waals surface area contributed by atoms with E-state index in [9.17, 15) is 24.1 Å². The Morgan fingerprint density at radius 3 is 2.52 bits per heavy atom. The van der Waals surface area contributed by atoms with Gasteiger partial charge in [-0.3, -0.25) is 19.8 Å².